The summed E-state index contributed by atoms with van der Waals surface area (Å²) in [7, 11) is 3.22. The van der Waals surface area contributed by atoms with Gasteiger partial charge in [0.2, 0.25) is 5.91 Å². The van der Waals surface area contributed by atoms with Crippen molar-refractivity contribution < 1.29 is 56.7 Å². The highest BCUT2D eigenvalue weighted by Crippen LogP contribution is 2.23. The number of hydrogen-bond acceptors (Lipinski definition) is 9. The third-order valence-electron chi connectivity index (χ3n) is 7.24. The zero-order valence-electron chi connectivity index (χ0n) is 26.8. The fourth-order valence-electron chi connectivity index (χ4n) is 4.70. The molecule has 0 spiro atoms. The van der Waals surface area contributed by atoms with Gasteiger partial charge in [-0.05, 0) is 80.7 Å². The summed E-state index contributed by atoms with van der Waals surface area (Å²) >= 11 is 0. The summed E-state index contributed by atoms with van der Waals surface area (Å²) < 4.78 is 52.9. The number of carbonyl (C=O) groups is 3. The van der Waals surface area contributed by atoms with E-state index in [4.69, 9.17) is 28.8 Å². The van der Waals surface area contributed by atoms with Crippen molar-refractivity contribution in [2.75, 3.05) is 60.3 Å². The molecule has 3 rings (SSSR count). The van der Waals surface area contributed by atoms with E-state index in [1.54, 1.807) is 38.5 Å². The van der Waals surface area contributed by atoms with Crippen LogP contribution in [0.2, 0.25) is 0 Å². The Morgan fingerprint density at radius 2 is 1.45 bits per heavy atom. The molecule has 0 unspecified atom stereocenters. The highest BCUT2D eigenvalue weighted by molar-refractivity contribution is 5.96. The fraction of sp³-hybridized carbons (Fsp3) is 0.545. The van der Waals surface area contributed by atoms with Crippen LogP contribution in [0.25, 0.3) is 0 Å². The number of aliphatic hydroxyl groups is 1. The van der Waals surface area contributed by atoms with Crippen molar-refractivity contribution in [1.29, 1.82) is 0 Å². The van der Waals surface area contributed by atoms with E-state index in [2.05, 4.69) is 10.2 Å². The lowest BCUT2D eigenvalue weighted by atomic mass is 10.0. The SMILES string of the molecule is COCCOCCOc1ccc([C@@H](O)[C@@H](CN2CCCC2)NC(=O)CCCCC(=O)c2ccc(OC)cc2)cc1.O=C(O)C(F)(F)F. The minimum absolute atomic E-state index is 0.0523. The van der Waals surface area contributed by atoms with Gasteiger partial charge in [0.15, 0.2) is 5.78 Å². The van der Waals surface area contributed by atoms with Gasteiger partial charge in [0.1, 0.15) is 24.2 Å². The Morgan fingerprint density at radius 3 is 2.02 bits per heavy atom. The van der Waals surface area contributed by atoms with Crippen LogP contribution in [0.4, 0.5) is 13.2 Å². The summed E-state index contributed by atoms with van der Waals surface area (Å²) in [6.07, 6.45) is -1.78. The molecular weight excluding hydrogens is 625 g/mol. The van der Waals surface area contributed by atoms with E-state index < -0.39 is 24.3 Å². The molecule has 47 heavy (non-hydrogen) atoms. The molecule has 1 saturated heterocycles. The maximum atomic E-state index is 12.8. The number of aliphatic hydroxyl groups excluding tert-OH is 1. The van der Waals surface area contributed by atoms with Crippen molar-refractivity contribution in [1.82, 2.24) is 10.2 Å². The van der Waals surface area contributed by atoms with Crippen molar-refractivity contribution in [3.8, 4) is 11.5 Å². The minimum Gasteiger partial charge on any atom is -0.497 e. The molecule has 2 aromatic rings. The van der Waals surface area contributed by atoms with Crippen LogP contribution in [-0.2, 0) is 19.1 Å². The topological polar surface area (TPSA) is 144 Å². The predicted molar refractivity (Wildman–Crippen MR) is 167 cm³/mol. The number of ketones is 1. The lowest BCUT2D eigenvalue weighted by Crippen LogP contribution is -2.46. The van der Waals surface area contributed by atoms with Gasteiger partial charge in [0, 0.05) is 32.1 Å². The molecule has 0 radical (unpaired) electrons. The number of nitrogens with zero attached hydrogens (tertiary/aromatic N) is 1. The second-order valence-electron chi connectivity index (χ2n) is 10.8. The number of ether oxygens (including phenoxy) is 4. The van der Waals surface area contributed by atoms with Crippen molar-refractivity contribution in [2.24, 2.45) is 0 Å². The number of carbonyl (C=O) groups excluding carboxylic acids is 2. The van der Waals surface area contributed by atoms with Crippen LogP contribution in [0.5, 0.6) is 11.5 Å². The zero-order valence-corrected chi connectivity index (χ0v) is 26.8. The first kappa shape index (κ1) is 39.5. The standard InChI is InChI=1S/C31H44N2O7.C2HF3O2/c1-37-19-20-39-21-22-40-27-15-11-25(12-16-27)31(36)28(23-33-17-5-6-18-33)32-30(35)8-4-3-7-29(34)24-9-13-26(38-2)14-10-24;3-2(4,5)1(6)7/h9-16,28,31,36H,3-8,17-23H2,1-2H3,(H,32,35);(H,6,7)/t28-,31-;/m1./s1. The fourth-order valence-corrected chi connectivity index (χ4v) is 4.70. The number of nitrogens with one attached hydrogen (secondary N) is 1. The Hall–Kier alpha value is -3.72. The number of carboxylic acids is 1. The molecule has 0 bridgehead atoms. The van der Waals surface area contributed by atoms with Gasteiger partial charge < -0.3 is 39.4 Å². The van der Waals surface area contributed by atoms with Crippen molar-refractivity contribution in [3.63, 3.8) is 0 Å². The Labute approximate surface area is 272 Å². The summed E-state index contributed by atoms with van der Waals surface area (Å²) in [5.41, 5.74) is 1.36. The van der Waals surface area contributed by atoms with Gasteiger partial charge in [0.05, 0.1) is 33.0 Å². The third kappa shape index (κ3) is 15.6. The molecule has 2 aromatic carbocycles. The van der Waals surface area contributed by atoms with Gasteiger partial charge in [-0.1, -0.05) is 12.1 Å². The molecule has 0 aliphatic carbocycles. The second kappa shape index (κ2) is 21.2. The number of likely N-dealkylation sites (tertiary alicyclic amines) is 1. The number of unbranched alkanes of at least 4 members (excludes halogenated alkanes) is 1. The number of amides is 1. The van der Waals surface area contributed by atoms with Gasteiger partial charge in [-0.3, -0.25) is 9.59 Å². The van der Waals surface area contributed by atoms with Gasteiger partial charge in [-0.2, -0.15) is 13.2 Å². The molecule has 1 aliphatic heterocycles. The number of Topliss-reactive ketones (excluding diaryl/α,β-unsaturated/α-hetero) is 1. The average molecular weight is 671 g/mol. The monoisotopic (exact) mass is 670 g/mol. The van der Waals surface area contributed by atoms with Crippen molar-refractivity contribution in [2.45, 2.75) is 56.8 Å². The highest BCUT2D eigenvalue weighted by atomic mass is 19.4. The molecule has 262 valence electrons. The summed E-state index contributed by atoms with van der Waals surface area (Å²) in [6, 6.07) is 13.9. The lowest BCUT2D eigenvalue weighted by Gasteiger charge is -2.29. The summed E-state index contributed by atoms with van der Waals surface area (Å²) in [4.78, 5) is 36.5. The molecule has 1 amide bonds. The normalized spacial score (nSPS) is 14.4. The first-order valence-electron chi connectivity index (χ1n) is 15.4. The molecule has 11 nitrogen and oxygen atoms in total. The molecule has 0 aromatic heterocycles. The zero-order chi connectivity index (χ0) is 34.7. The van der Waals surface area contributed by atoms with Crippen LogP contribution in [0.3, 0.4) is 0 Å². The van der Waals surface area contributed by atoms with E-state index >= 15 is 0 Å². The Balaban J connectivity index is 0.000000984. The van der Waals surface area contributed by atoms with E-state index in [0.29, 0.717) is 75.7 Å². The Bertz CT molecular complexity index is 1210. The lowest BCUT2D eigenvalue weighted by molar-refractivity contribution is -0.192. The number of aliphatic carboxylic acids is 1. The molecule has 14 heteroatoms. The Morgan fingerprint density at radius 1 is 0.872 bits per heavy atom. The van der Waals surface area contributed by atoms with Gasteiger partial charge in [0.25, 0.3) is 0 Å². The van der Waals surface area contributed by atoms with Crippen LogP contribution < -0.4 is 14.8 Å². The predicted octanol–water partition coefficient (Wildman–Crippen LogP) is 4.43. The van der Waals surface area contributed by atoms with Crippen molar-refractivity contribution in [3.05, 3.63) is 59.7 Å². The largest absolute Gasteiger partial charge is 0.497 e. The van der Waals surface area contributed by atoms with E-state index in [1.807, 2.05) is 24.3 Å². The van der Waals surface area contributed by atoms with E-state index in [0.717, 1.165) is 31.5 Å². The Kier molecular flexibility index (Phi) is 17.8. The number of rotatable bonds is 19. The molecule has 2 atom stereocenters. The number of alkyl halides is 3. The maximum absolute atomic E-state index is 12.8. The van der Waals surface area contributed by atoms with Crippen molar-refractivity contribution >= 4 is 17.7 Å². The second-order valence-corrected chi connectivity index (χ2v) is 10.8. The van der Waals surface area contributed by atoms with E-state index in [-0.39, 0.29) is 11.7 Å². The molecule has 1 fully saturated rings. The van der Waals surface area contributed by atoms with Crippen LogP contribution in [0.15, 0.2) is 48.5 Å². The summed E-state index contributed by atoms with van der Waals surface area (Å²) in [5.74, 6) is -1.42. The number of benzene rings is 2. The third-order valence-corrected chi connectivity index (χ3v) is 7.24. The number of halogens is 3. The highest BCUT2D eigenvalue weighted by Gasteiger charge is 2.38. The molecular formula is C33H45F3N2O9. The first-order valence-corrected chi connectivity index (χ1v) is 15.4. The van der Waals surface area contributed by atoms with Crippen LogP contribution in [-0.4, -0.2) is 105 Å². The van der Waals surface area contributed by atoms with Gasteiger partial charge in [-0.15, -0.1) is 0 Å². The molecule has 1 aliphatic rings. The number of carboxylic acid groups (broad SMARTS) is 1. The van der Waals surface area contributed by atoms with Gasteiger partial charge in [-0.25, -0.2) is 4.79 Å². The number of methoxy groups -OCH3 is 2. The van der Waals surface area contributed by atoms with E-state index in [9.17, 15) is 27.9 Å². The van der Waals surface area contributed by atoms with Crippen LogP contribution in [0.1, 0.15) is 60.6 Å². The molecule has 0 saturated carbocycles. The van der Waals surface area contributed by atoms with E-state index in [1.165, 1.54) is 0 Å². The van der Waals surface area contributed by atoms with Gasteiger partial charge >= 0.3 is 12.1 Å². The maximum Gasteiger partial charge on any atom is 0.490 e. The summed E-state index contributed by atoms with van der Waals surface area (Å²) in [5, 5.41) is 21.4. The van der Waals surface area contributed by atoms with Crippen LogP contribution >= 0.6 is 0 Å². The molecule has 3 N–H and O–H groups in total. The smallest absolute Gasteiger partial charge is 0.490 e. The first-order chi connectivity index (χ1) is 22.4. The minimum atomic E-state index is -5.08. The summed E-state index contributed by atoms with van der Waals surface area (Å²) in [6.45, 7) is 4.47. The van der Waals surface area contributed by atoms with Crippen LogP contribution in [0, 0.1) is 0 Å². The average Bonchev–Trinajstić information content (AvgIpc) is 3.57. The number of hydrogen-bond donors (Lipinski definition) is 3. The molecule has 1 heterocycles. The quantitative estimate of drug-likeness (QED) is 0.145.